The zero-order chi connectivity index (χ0) is 17.5. The van der Waals surface area contributed by atoms with Gasteiger partial charge in [0.25, 0.3) is 5.91 Å². The summed E-state index contributed by atoms with van der Waals surface area (Å²) in [7, 11) is 0. The van der Waals surface area contributed by atoms with Crippen LogP contribution in [-0.2, 0) is 14.3 Å². The van der Waals surface area contributed by atoms with Crippen molar-refractivity contribution in [3.63, 3.8) is 0 Å². The highest BCUT2D eigenvalue weighted by atomic mass is 16.6. The van der Waals surface area contributed by atoms with Gasteiger partial charge in [0, 0.05) is 5.69 Å². The smallest absolute Gasteiger partial charge is 0.344 e. The predicted molar refractivity (Wildman–Crippen MR) is 92.0 cm³/mol. The Hall–Kier alpha value is -2.82. The molecule has 1 atom stereocenters. The number of aryl methyl sites for hydroxylation is 2. The Kier molecular flexibility index (Phi) is 5.95. The minimum atomic E-state index is -0.902. The Bertz CT molecular complexity index is 713. The van der Waals surface area contributed by atoms with Gasteiger partial charge in [0.05, 0.1) is 0 Å². The fourth-order valence-electron chi connectivity index (χ4n) is 2.00. The van der Waals surface area contributed by atoms with E-state index in [2.05, 4.69) is 5.32 Å². The third kappa shape index (κ3) is 5.12. The summed E-state index contributed by atoms with van der Waals surface area (Å²) in [5.74, 6) is -0.388. The van der Waals surface area contributed by atoms with Gasteiger partial charge in [-0.05, 0) is 56.2 Å². The average Bonchev–Trinajstić information content (AvgIpc) is 2.56. The molecule has 0 aliphatic heterocycles. The number of nitrogens with one attached hydrogen (secondary N) is 1. The van der Waals surface area contributed by atoms with Gasteiger partial charge in [0.2, 0.25) is 0 Å². The SMILES string of the molecule is Cc1ccc(OCC(=O)O[C@@H](C)C(=O)Nc2ccccc2)cc1C. The lowest BCUT2D eigenvalue weighted by Gasteiger charge is -2.14. The van der Waals surface area contributed by atoms with Gasteiger partial charge in [0.1, 0.15) is 5.75 Å². The van der Waals surface area contributed by atoms with Crippen molar-refractivity contribution in [2.45, 2.75) is 26.9 Å². The van der Waals surface area contributed by atoms with Crippen molar-refractivity contribution in [1.29, 1.82) is 0 Å². The number of carbonyl (C=O) groups excluding carboxylic acids is 2. The Morgan fingerprint density at radius 1 is 1.04 bits per heavy atom. The summed E-state index contributed by atoms with van der Waals surface area (Å²) in [4.78, 5) is 23.8. The van der Waals surface area contributed by atoms with Crippen LogP contribution in [0.25, 0.3) is 0 Å². The van der Waals surface area contributed by atoms with E-state index in [0.29, 0.717) is 11.4 Å². The number of rotatable bonds is 6. The molecular formula is C19H21NO4. The number of amides is 1. The van der Waals surface area contributed by atoms with Gasteiger partial charge in [-0.15, -0.1) is 0 Å². The van der Waals surface area contributed by atoms with Crippen LogP contribution in [0, 0.1) is 13.8 Å². The summed E-state index contributed by atoms with van der Waals surface area (Å²) in [5, 5.41) is 2.68. The number of hydrogen-bond acceptors (Lipinski definition) is 4. The third-order valence-corrected chi connectivity index (χ3v) is 3.55. The molecule has 5 nitrogen and oxygen atoms in total. The van der Waals surface area contributed by atoms with E-state index in [4.69, 9.17) is 9.47 Å². The maximum Gasteiger partial charge on any atom is 0.344 e. The van der Waals surface area contributed by atoms with Gasteiger partial charge in [-0.3, -0.25) is 4.79 Å². The van der Waals surface area contributed by atoms with Gasteiger partial charge in [-0.25, -0.2) is 4.79 Å². The lowest BCUT2D eigenvalue weighted by molar-refractivity contribution is -0.155. The Balaban J connectivity index is 1.80. The van der Waals surface area contributed by atoms with Crippen LogP contribution in [0.2, 0.25) is 0 Å². The Labute approximate surface area is 141 Å². The zero-order valence-electron chi connectivity index (χ0n) is 14.0. The molecule has 0 aromatic heterocycles. The van der Waals surface area contributed by atoms with Crippen LogP contribution in [0.5, 0.6) is 5.75 Å². The molecule has 5 heteroatoms. The summed E-state index contributed by atoms with van der Waals surface area (Å²) in [5.41, 5.74) is 2.88. The number of ether oxygens (including phenoxy) is 2. The fourth-order valence-corrected chi connectivity index (χ4v) is 2.00. The number of carbonyl (C=O) groups is 2. The second-order valence-corrected chi connectivity index (χ2v) is 5.52. The van der Waals surface area contributed by atoms with E-state index in [9.17, 15) is 9.59 Å². The molecule has 1 N–H and O–H groups in total. The second kappa shape index (κ2) is 8.15. The molecule has 2 rings (SSSR count). The monoisotopic (exact) mass is 327 g/mol. The molecular weight excluding hydrogens is 306 g/mol. The van der Waals surface area contributed by atoms with Crippen LogP contribution in [-0.4, -0.2) is 24.6 Å². The van der Waals surface area contributed by atoms with Gasteiger partial charge >= 0.3 is 5.97 Å². The molecule has 126 valence electrons. The van der Waals surface area contributed by atoms with Gasteiger partial charge in [-0.1, -0.05) is 24.3 Å². The molecule has 2 aromatic rings. The number of hydrogen-bond donors (Lipinski definition) is 1. The quantitative estimate of drug-likeness (QED) is 0.827. The predicted octanol–water partition coefficient (Wildman–Crippen LogP) is 3.25. The number of benzene rings is 2. The van der Waals surface area contributed by atoms with Crippen molar-refractivity contribution in [2.24, 2.45) is 0 Å². The van der Waals surface area contributed by atoms with Crippen molar-refractivity contribution in [1.82, 2.24) is 0 Å². The Morgan fingerprint density at radius 3 is 2.42 bits per heavy atom. The van der Waals surface area contributed by atoms with Gasteiger partial charge < -0.3 is 14.8 Å². The summed E-state index contributed by atoms with van der Waals surface area (Å²) < 4.78 is 10.5. The summed E-state index contributed by atoms with van der Waals surface area (Å²) >= 11 is 0. The number of esters is 1. The molecule has 0 radical (unpaired) electrons. The minimum absolute atomic E-state index is 0.245. The largest absolute Gasteiger partial charge is 0.482 e. The number of anilines is 1. The van der Waals surface area contributed by atoms with E-state index >= 15 is 0 Å². The molecule has 0 unspecified atom stereocenters. The topological polar surface area (TPSA) is 64.6 Å². The standard InChI is InChI=1S/C19H21NO4/c1-13-9-10-17(11-14(13)2)23-12-18(21)24-15(3)19(22)20-16-7-5-4-6-8-16/h4-11,15H,12H2,1-3H3,(H,20,22)/t15-/m0/s1. The first-order valence-corrected chi connectivity index (χ1v) is 7.71. The van der Waals surface area contributed by atoms with Crippen molar-refractivity contribution in [3.8, 4) is 5.75 Å². The highest BCUT2D eigenvalue weighted by molar-refractivity contribution is 5.95. The molecule has 0 aliphatic rings. The van der Waals surface area contributed by atoms with Crippen molar-refractivity contribution in [3.05, 3.63) is 59.7 Å². The maximum atomic E-state index is 12.0. The molecule has 0 aliphatic carbocycles. The van der Waals surface area contributed by atoms with E-state index in [1.165, 1.54) is 6.92 Å². The highest BCUT2D eigenvalue weighted by Crippen LogP contribution is 2.16. The lowest BCUT2D eigenvalue weighted by atomic mass is 10.1. The molecule has 0 bridgehead atoms. The van der Waals surface area contributed by atoms with Crippen LogP contribution >= 0.6 is 0 Å². The minimum Gasteiger partial charge on any atom is -0.482 e. The summed E-state index contributed by atoms with van der Waals surface area (Å²) in [6, 6.07) is 14.6. The normalized spacial score (nSPS) is 11.5. The van der Waals surface area contributed by atoms with E-state index in [1.54, 1.807) is 18.2 Å². The first kappa shape index (κ1) is 17.5. The molecule has 0 saturated carbocycles. The van der Waals surface area contributed by atoms with E-state index in [0.717, 1.165) is 11.1 Å². The molecule has 24 heavy (non-hydrogen) atoms. The zero-order valence-corrected chi connectivity index (χ0v) is 14.0. The van der Waals surface area contributed by atoms with E-state index < -0.39 is 12.1 Å². The molecule has 0 heterocycles. The Morgan fingerprint density at radius 2 is 1.75 bits per heavy atom. The molecule has 0 saturated heterocycles. The van der Waals surface area contributed by atoms with E-state index in [1.807, 2.05) is 44.2 Å². The second-order valence-electron chi connectivity index (χ2n) is 5.52. The first-order chi connectivity index (χ1) is 11.5. The summed E-state index contributed by atoms with van der Waals surface area (Å²) in [6.07, 6.45) is -0.902. The van der Waals surface area contributed by atoms with Crippen molar-refractivity contribution < 1.29 is 19.1 Å². The average molecular weight is 327 g/mol. The first-order valence-electron chi connectivity index (χ1n) is 7.71. The van der Waals surface area contributed by atoms with Gasteiger partial charge in [0.15, 0.2) is 12.7 Å². The molecule has 2 aromatic carbocycles. The summed E-state index contributed by atoms with van der Waals surface area (Å²) in [6.45, 7) is 5.24. The fraction of sp³-hybridized carbons (Fsp3) is 0.263. The van der Waals surface area contributed by atoms with Crippen LogP contribution in [0.4, 0.5) is 5.69 Å². The van der Waals surface area contributed by atoms with Crippen LogP contribution in [0.3, 0.4) is 0 Å². The maximum absolute atomic E-state index is 12.0. The van der Waals surface area contributed by atoms with Crippen LogP contribution in [0.15, 0.2) is 48.5 Å². The molecule has 1 amide bonds. The number of para-hydroxylation sites is 1. The van der Waals surface area contributed by atoms with Crippen LogP contribution in [0.1, 0.15) is 18.1 Å². The van der Waals surface area contributed by atoms with Crippen molar-refractivity contribution in [2.75, 3.05) is 11.9 Å². The molecule has 0 spiro atoms. The van der Waals surface area contributed by atoms with Crippen LogP contribution < -0.4 is 10.1 Å². The van der Waals surface area contributed by atoms with Gasteiger partial charge in [-0.2, -0.15) is 0 Å². The third-order valence-electron chi connectivity index (χ3n) is 3.55. The lowest BCUT2D eigenvalue weighted by Crippen LogP contribution is -2.31. The highest BCUT2D eigenvalue weighted by Gasteiger charge is 2.18. The van der Waals surface area contributed by atoms with Crippen molar-refractivity contribution >= 4 is 17.6 Å². The molecule has 0 fully saturated rings. The van der Waals surface area contributed by atoms with E-state index in [-0.39, 0.29) is 12.5 Å².